The second-order valence-corrected chi connectivity index (χ2v) is 9.50. The van der Waals surface area contributed by atoms with Crippen molar-refractivity contribution in [3.05, 3.63) is 68.7 Å². The van der Waals surface area contributed by atoms with Gasteiger partial charge >= 0.3 is 0 Å². The Balaban J connectivity index is 2.22. The molecule has 162 valence electrons. The van der Waals surface area contributed by atoms with E-state index in [9.17, 15) is 9.59 Å². The number of aryl methyl sites for hydroxylation is 1. The zero-order chi connectivity index (χ0) is 22.5. The van der Waals surface area contributed by atoms with Crippen molar-refractivity contribution < 1.29 is 9.59 Å². The van der Waals surface area contributed by atoms with Crippen LogP contribution in [0.1, 0.15) is 45.2 Å². The number of halogens is 3. The van der Waals surface area contributed by atoms with Crippen molar-refractivity contribution >= 4 is 46.6 Å². The third kappa shape index (κ3) is 7.19. The normalized spacial score (nSPS) is 12.4. The van der Waals surface area contributed by atoms with E-state index >= 15 is 0 Å². The van der Waals surface area contributed by atoms with E-state index in [1.807, 2.05) is 39.0 Å². The van der Waals surface area contributed by atoms with Crippen LogP contribution in [0.2, 0.25) is 15.1 Å². The van der Waals surface area contributed by atoms with E-state index < -0.39 is 11.6 Å². The monoisotopic (exact) mass is 468 g/mol. The molecule has 1 atom stereocenters. The van der Waals surface area contributed by atoms with E-state index in [0.29, 0.717) is 21.5 Å². The van der Waals surface area contributed by atoms with Gasteiger partial charge in [-0.1, -0.05) is 59.1 Å². The highest BCUT2D eigenvalue weighted by Gasteiger charge is 2.28. The molecule has 1 N–H and O–H groups in total. The highest BCUT2D eigenvalue weighted by molar-refractivity contribution is 6.42. The molecule has 30 heavy (non-hydrogen) atoms. The van der Waals surface area contributed by atoms with Gasteiger partial charge in [-0.2, -0.15) is 0 Å². The van der Waals surface area contributed by atoms with Gasteiger partial charge in [0, 0.05) is 23.5 Å². The van der Waals surface area contributed by atoms with Gasteiger partial charge in [0.1, 0.15) is 6.04 Å². The molecule has 0 bridgehead atoms. The van der Waals surface area contributed by atoms with E-state index in [4.69, 9.17) is 34.8 Å². The van der Waals surface area contributed by atoms with Gasteiger partial charge in [-0.15, -0.1) is 0 Å². The number of rotatable bonds is 7. The fraction of sp³-hybridized carbons (Fsp3) is 0.391. The lowest BCUT2D eigenvalue weighted by Gasteiger charge is -2.31. The highest BCUT2D eigenvalue weighted by Crippen LogP contribution is 2.24. The number of hydrogen-bond acceptors (Lipinski definition) is 2. The molecule has 0 saturated carbocycles. The van der Waals surface area contributed by atoms with E-state index in [-0.39, 0.29) is 24.8 Å². The van der Waals surface area contributed by atoms with E-state index in [1.165, 1.54) is 0 Å². The van der Waals surface area contributed by atoms with Crippen LogP contribution >= 0.6 is 34.8 Å². The van der Waals surface area contributed by atoms with Crippen molar-refractivity contribution in [1.29, 1.82) is 0 Å². The Kier molecular flexibility index (Phi) is 8.60. The standard InChI is InChI=1S/C23H27Cl3N2O2/c1-15(22(30)27-23(2,3)4)28(14-16-9-11-19(25)20(26)13-16)21(29)12-10-17-7-5-6-8-18(17)24/h5-9,11,13,15H,10,12,14H2,1-4H3,(H,27,30)/t15-/m1/s1. The second kappa shape index (κ2) is 10.5. The second-order valence-electron chi connectivity index (χ2n) is 8.28. The molecule has 4 nitrogen and oxygen atoms in total. The lowest BCUT2D eigenvalue weighted by Crippen LogP contribution is -2.52. The number of carbonyl (C=O) groups excluding carboxylic acids is 2. The molecule has 2 rings (SSSR count). The fourth-order valence-corrected chi connectivity index (χ4v) is 3.53. The van der Waals surface area contributed by atoms with E-state index in [2.05, 4.69) is 5.32 Å². The van der Waals surface area contributed by atoms with Crippen LogP contribution in [0.25, 0.3) is 0 Å². The Bertz CT molecular complexity index is 910. The van der Waals surface area contributed by atoms with Gasteiger partial charge in [0.25, 0.3) is 0 Å². The van der Waals surface area contributed by atoms with E-state index in [1.54, 1.807) is 36.1 Å². The van der Waals surface area contributed by atoms with Crippen molar-refractivity contribution in [2.45, 2.75) is 58.7 Å². The first-order valence-corrected chi connectivity index (χ1v) is 10.9. The summed E-state index contributed by atoms with van der Waals surface area (Å²) in [6, 6.07) is 12.0. The first-order chi connectivity index (χ1) is 14.0. The molecular weight excluding hydrogens is 443 g/mol. The van der Waals surface area contributed by atoms with E-state index in [0.717, 1.165) is 11.1 Å². The largest absolute Gasteiger partial charge is 0.350 e. The van der Waals surface area contributed by atoms with Gasteiger partial charge in [-0.25, -0.2) is 0 Å². The molecule has 7 heteroatoms. The van der Waals surface area contributed by atoms with Gasteiger partial charge in [0.2, 0.25) is 11.8 Å². The van der Waals surface area contributed by atoms with Crippen LogP contribution in [0.5, 0.6) is 0 Å². The molecular formula is C23H27Cl3N2O2. The molecule has 2 amide bonds. The molecule has 0 radical (unpaired) electrons. The number of nitrogens with zero attached hydrogens (tertiary/aromatic N) is 1. The van der Waals surface area contributed by atoms with Crippen molar-refractivity contribution in [3.8, 4) is 0 Å². The highest BCUT2D eigenvalue weighted by atomic mass is 35.5. The quantitative estimate of drug-likeness (QED) is 0.548. The number of nitrogens with one attached hydrogen (secondary N) is 1. The molecule has 0 heterocycles. The van der Waals surface area contributed by atoms with Gasteiger partial charge < -0.3 is 10.2 Å². The van der Waals surface area contributed by atoms with Crippen LogP contribution in [0.3, 0.4) is 0 Å². The van der Waals surface area contributed by atoms with Crippen molar-refractivity contribution in [2.24, 2.45) is 0 Å². The van der Waals surface area contributed by atoms with Crippen LogP contribution in [-0.4, -0.2) is 28.3 Å². The summed E-state index contributed by atoms with van der Waals surface area (Å²) >= 11 is 18.4. The third-order valence-electron chi connectivity index (χ3n) is 4.57. The van der Waals surface area contributed by atoms with Crippen LogP contribution in [-0.2, 0) is 22.6 Å². The zero-order valence-electron chi connectivity index (χ0n) is 17.6. The Morgan fingerprint density at radius 3 is 2.27 bits per heavy atom. The lowest BCUT2D eigenvalue weighted by atomic mass is 10.1. The van der Waals surface area contributed by atoms with Crippen LogP contribution in [0, 0.1) is 0 Å². The summed E-state index contributed by atoms with van der Waals surface area (Å²) in [6.07, 6.45) is 0.724. The first kappa shape index (κ1) is 24.5. The van der Waals surface area contributed by atoms with Gasteiger partial charge in [0.05, 0.1) is 10.0 Å². The Labute approximate surface area is 193 Å². The van der Waals surface area contributed by atoms with Crippen molar-refractivity contribution in [2.75, 3.05) is 0 Å². The Morgan fingerprint density at radius 1 is 1.00 bits per heavy atom. The molecule has 0 fully saturated rings. The smallest absolute Gasteiger partial charge is 0.242 e. The fourth-order valence-electron chi connectivity index (χ4n) is 2.98. The van der Waals surface area contributed by atoms with Crippen LogP contribution in [0.4, 0.5) is 0 Å². The topological polar surface area (TPSA) is 49.4 Å². The summed E-state index contributed by atoms with van der Waals surface area (Å²) in [5.74, 6) is -0.355. The molecule has 0 saturated heterocycles. The first-order valence-electron chi connectivity index (χ1n) is 9.77. The van der Waals surface area contributed by atoms with Gasteiger partial charge in [-0.3, -0.25) is 9.59 Å². The average Bonchev–Trinajstić information content (AvgIpc) is 2.66. The maximum absolute atomic E-state index is 13.1. The molecule has 0 aromatic heterocycles. The van der Waals surface area contributed by atoms with Crippen molar-refractivity contribution in [3.63, 3.8) is 0 Å². The number of amides is 2. The predicted octanol–water partition coefficient (Wildman–Crippen LogP) is 5.91. The predicted molar refractivity (Wildman–Crippen MR) is 124 cm³/mol. The summed E-state index contributed by atoms with van der Waals surface area (Å²) in [7, 11) is 0. The van der Waals surface area contributed by atoms with Crippen molar-refractivity contribution in [1.82, 2.24) is 10.2 Å². The molecule has 0 aliphatic carbocycles. The minimum Gasteiger partial charge on any atom is -0.350 e. The third-order valence-corrected chi connectivity index (χ3v) is 5.68. The molecule has 0 unspecified atom stereocenters. The maximum Gasteiger partial charge on any atom is 0.242 e. The Hall–Kier alpha value is -1.75. The molecule has 0 spiro atoms. The SMILES string of the molecule is C[C@H](C(=O)NC(C)(C)C)N(Cc1ccc(Cl)c(Cl)c1)C(=O)CCc1ccccc1Cl. The van der Waals surface area contributed by atoms with Gasteiger partial charge in [-0.05, 0) is 63.4 Å². The summed E-state index contributed by atoms with van der Waals surface area (Å²) in [6.45, 7) is 7.68. The zero-order valence-corrected chi connectivity index (χ0v) is 19.9. The van der Waals surface area contributed by atoms with Gasteiger partial charge in [0.15, 0.2) is 0 Å². The minimum absolute atomic E-state index is 0.141. The molecule has 2 aromatic carbocycles. The average molecular weight is 470 g/mol. The lowest BCUT2D eigenvalue weighted by molar-refractivity contribution is -0.141. The molecule has 2 aromatic rings. The summed E-state index contributed by atoms with van der Waals surface area (Å²) in [5.41, 5.74) is 1.29. The summed E-state index contributed by atoms with van der Waals surface area (Å²) < 4.78 is 0. The summed E-state index contributed by atoms with van der Waals surface area (Å²) in [5, 5.41) is 4.41. The number of benzene rings is 2. The summed E-state index contributed by atoms with van der Waals surface area (Å²) in [4.78, 5) is 27.5. The van der Waals surface area contributed by atoms with Crippen LogP contribution < -0.4 is 5.32 Å². The number of carbonyl (C=O) groups is 2. The molecule has 0 aliphatic heterocycles. The minimum atomic E-state index is -0.655. The molecule has 0 aliphatic rings. The maximum atomic E-state index is 13.1. The Morgan fingerprint density at radius 2 is 1.67 bits per heavy atom. The number of hydrogen-bond donors (Lipinski definition) is 1. The van der Waals surface area contributed by atoms with Crippen LogP contribution in [0.15, 0.2) is 42.5 Å².